The molecule has 0 spiro atoms. The molecule has 3 heteroatoms. The lowest BCUT2D eigenvalue weighted by Crippen LogP contribution is -2.18. The molecule has 0 heterocycles. The molecule has 1 N–H and O–H groups in total. The molecule has 0 aliphatic heterocycles. The summed E-state index contributed by atoms with van der Waals surface area (Å²) in [6.45, 7) is 4.59. The lowest BCUT2D eigenvalue weighted by Gasteiger charge is -2.09. The quantitative estimate of drug-likeness (QED) is 0.607. The number of nitrogens with one attached hydrogen (secondary N) is 1. The molecule has 0 saturated carbocycles. The molecule has 1 unspecified atom stereocenters. The zero-order valence-electron chi connectivity index (χ0n) is 7.52. The fourth-order valence-electron chi connectivity index (χ4n) is 0.594. The molecule has 0 rings (SSSR count). The smallest absolute Gasteiger partial charge is 0.307 e. The molecule has 0 aromatic carbocycles. The molecule has 0 aromatic rings. The Morgan fingerprint density at radius 1 is 1.64 bits per heavy atom. The van der Waals surface area contributed by atoms with Crippen LogP contribution in [0.15, 0.2) is 0 Å². The third-order valence-electron chi connectivity index (χ3n) is 1.49. The number of carbonyl (C=O) groups is 1. The predicted octanol–water partition coefficient (Wildman–Crippen LogP) is 0.938. The molecule has 0 aliphatic carbocycles. The molecule has 66 valence electrons. The van der Waals surface area contributed by atoms with Gasteiger partial charge in [-0.25, -0.2) is 0 Å². The molecule has 0 bridgehead atoms. The summed E-state index contributed by atoms with van der Waals surface area (Å²) >= 11 is 0. The van der Waals surface area contributed by atoms with Gasteiger partial charge in [0, 0.05) is 6.54 Å². The van der Waals surface area contributed by atoms with Crippen LogP contribution in [-0.4, -0.2) is 25.7 Å². The van der Waals surface area contributed by atoms with Gasteiger partial charge in [0.15, 0.2) is 0 Å². The minimum atomic E-state index is -0.117. The van der Waals surface area contributed by atoms with Crippen molar-refractivity contribution in [1.82, 2.24) is 5.32 Å². The molecular weight excluding hydrogens is 142 g/mol. The molecule has 0 radical (unpaired) electrons. The normalized spacial score (nSPS) is 12.6. The van der Waals surface area contributed by atoms with Crippen LogP contribution in [0.2, 0.25) is 0 Å². The van der Waals surface area contributed by atoms with Gasteiger partial charge in [-0.15, -0.1) is 0 Å². The molecule has 11 heavy (non-hydrogen) atoms. The van der Waals surface area contributed by atoms with E-state index in [9.17, 15) is 4.79 Å². The van der Waals surface area contributed by atoms with Gasteiger partial charge in [-0.3, -0.25) is 4.79 Å². The minimum absolute atomic E-state index is 0.0550. The van der Waals surface area contributed by atoms with Gasteiger partial charge in [0.25, 0.3) is 0 Å². The molecular formula is C8H17NO2. The van der Waals surface area contributed by atoms with Crippen LogP contribution in [0, 0.1) is 0 Å². The van der Waals surface area contributed by atoms with E-state index < -0.39 is 0 Å². The van der Waals surface area contributed by atoms with Gasteiger partial charge in [0.1, 0.15) is 0 Å². The Hall–Kier alpha value is -0.570. The standard InChI is InChI=1S/C8H17NO2/c1-4-7(2)11-8(10)5-6-9-3/h7,9H,4-6H2,1-3H3. The van der Waals surface area contributed by atoms with Crippen molar-refractivity contribution in [2.75, 3.05) is 13.6 Å². The van der Waals surface area contributed by atoms with E-state index in [0.29, 0.717) is 13.0 Å². The van der Waals surface area contributed by atoms with Gasteiger partial charge in [0.2, 0.25) is 0 Å². The molecule has 0 fully saturated rings. The number of carbonyl (C=O) groups excluding carboxylic acids is 1. The van der Waals surface area contributed by atoms with Gasteiger partial charge in [-0.2, -0.15) is 0 Å². The summed E-state index contributed by atoms with van der Waals surface area (Å²) in [7, 11) is 1.82. The van der Waals surface area contributed by atoms with Crippen molar-refractivity contribution >= 4 is 5.97 Å². The van der Waals surface area contributed by atoms with Crippen LogP contribution in [-0.2, 0) is 9.53 Å². The van der Waals surface area contributed by atoms with Crippen LogP contribution in [0.1, 0.15) is 26.7 Å². The summed E-state index contributed by atoms with van der Waals surface area (Å²) < 4.78 is 5.02. The SMILES string of the molecule is CCC(C)OC(=O)CCNC. The highest BCUT2D eigenvalue weighted by Crippen LogP contribution is 1.97. The third-order valence-corrected chi connectivity index (χ3v) is 1.49. The lowest BCUT2D eigenvalue weighted by molar-refractivity contribution is -0.148. The van der Waals surface area contributed by atoms with E-state index in [1.807, 2.05) is 20.9 Å². The van der Waals surface area contributed by atoms with E-state index >= 15 is 0 Å². The number of hydrogen-bond donors (Lipinski definition) is 1. The molecule has 0 amide bonds. The molecule has 1 atom stereocenters. The number of ether oxygens (including phenoxy) is 1. The average molecular weight is 159 g/mol. The van der Waals surface area contributed by atoms with Crippen molar-refractivity contribution in [3.05, 3.63) is 0 Å². The van der Waals surface area contributed by atoms with E-state index in [4.69, 9.17) is 4.74 Å². The second-order valence-corrected chi connectivity index (χ2v) is 2.56. The molecule has 0 aromatic heterocycles. The molecule has 3 nitrogen and oxygen atoms in total. The van der Waals surface area contributed by atoms with Crippen LogP contribution < -0.4 is 5.32 Å². The van der Waals surface area contributed by atoms with Gasteiger partial charge >= 0.3 is 5.97 Å². The van der Waals surface area contributed by atoms with Crippen LogP contribution >= 0.6 is 0 Å². The summed E-state index contributed by atoms with van der Waals surface area (Å²) in [6.07, 6.45) is 1.39. The monoisotopic (exact) mass is 159 g/mol. The first-order valence-corrected chi connectivity index (χ1v) is 4.04. The van der Waals surface area contributed by atoms with Gasteiger partial charge < -0.3 is 10.1 Å². The van der Waals surface area contributed by atoms with E-state index in [-0.39, 0.29) is 12.1 Å². The Morgan fingerprint density at radius 3 is 2.73 bits per heavy atom. The largest absolute Gasteiger partial charge is 0.463 e. The maximum atomic E-state index is 10.9. The van der Waals surface area contributed by atoms with Gasteiger partial charge in [0.05, 0.1) is 12.5 Å². The van der Waals surface area contributed by atoms with Crippen molar-refractivity contribution in [2.24, 2.45) is 0 Å². The van der Waals surface area contributed by atoms with Crippen LogP contribution in [0.4, 0.5) is 0 Å². The van der Waals surface area contributed by atoms with Crippen molar-refractivity contribution in [3.63, 3.8) is 0 Å². The highest BCUT2D eigenvalue weighted by atomic mass is 16.5. The van der Waals surface area contributed by atoms with Crippen LogP contribution in [0.25, 0.3) is 0 Å². The fourth-order valence-corrected chi connectivity index (χ4v) is 0.594. The first kappa shape index (κ1) is 10.4. The third kappa shape index (κ3) is 5.85. The first-order valence-electron chi connectivity index (χ1n) is 4.04. The van der Waals surface area contributed by atoms with Crippen LogP contribution in [0.3, 0.4) is 0 Å². The number of esters is 1. The molecule has 0 aliphatic rings. The lowest BCUT2D eigenvalue weighted by atomic mass is 10.3. The second kappa shape index (κ2) is 6.16. The summed E-state index contributed by atoms with van der Waals surface area (Å²) in [4.78, 5) is 10.9. The van der Waals surface area contributed by atoms with E-state index in [2.05, 4.69) is 5.32 Å². The minimum Gasteiger partial charge on any atom is -0.463 e. The Labute approximate surface area is 68.1 Å². The highest BCUT2D eigenvalue weighted by Gasteiger charge is 2.05. The van der Waals surface area contributed by atoms with E-state index in [1.54, 1.807) is 0 Å². The summed E-state index contributed by atoms with van der Waals surface area (Å²) in [5.74, 6) is -0.117. The summed E-state index contributed by atoms with van der Waals surface area (Å²) in [5.41, 5.74) is 0. The van der Waals surface area contributed by atoms with Crippen LogP contribution in [0.5, 0.6) is 0 Å². The van der Waals surface area contributed by atoms with Crippen molar-refractivity contribution in [3.8, 4) is 0 Å². The average Bonchev–Trinajstić information content (AvgIpc) is 2.00. The number of rotatable bonds is 5. The zero-order chi connectivity index (χ0) is 8.69. The molecule has 0 saturated heterocycles. The first-order chi connectivity index (χ1) is 5.20. The second-order valence-electron chi connectivity index (χ2n) is 2.56. The van der Waals surface area contributed by atoms with Crippen molar-refractivity contribution in [2.45, 2.75) is 32.8 Å². The maximum absolute atomic E-state index is 10.9. The predicted molar refractivity (Wildman–Crippen MR) is 44.4 cm³/mol. The highest BCUT2D eigenvalue weighted by molar-refractivity contribution is 5.69. The summed E-state index contributed by atoms with van der Waals surface area (Å²) in [5, 5.41) is 2.89. The fraction of sp³-hybridized carbons (Fsp3) is 0.875. The van der Waals surface area contributed by atoms with E-state index in [1.165, 1.54) is 0 Å². The van der Waals surface area contributed by atoms with Crippen molar-refractivity contribution < 1.29 is 9.53 Å². The van der Waals surface area contributed by atoms with Gasteiger partial charge in [-0.1, -0.05) is 6.92 Å². The Bertz CT molecular complexity index is 115. The Morgan fingerprint density at radius 2 is 2.27 bits per heavy atom. The maximum Gasteiger partial charge on any atom is 0.307 e. The Kier molecular flexibility index (Phi) is 5.84. The Balaban J connectivity index is 3.36. The van der Waals surface area contributed by atoms with Crippen molar-refractivity contribution in [1.29, 1.82) is 0 Å². The van der Waals surface area contributed by atoms with E-state index in [0.717, 1.165) is 6.42 Å². The summed E-state index contributed by atoms with van der Waals surface area (Å²) in [6, 6.07) is 0. The van der Waals surface area contributed by atoms with Gasteiger partial charge in [-0.05, 0) is 20.4 Å². The topological polar surface area (TPSA) is 38.3 Å². The number of hydrogen-bond acceptors (Lipinski definition) is 3. The zero-order valence-corrected chi connectivity index (χ0v) is 7.52.